The van der Waals surface area contributed by atoms with E-state index >= 15 is 0 Å². The van der Waals surface area contributed by atoms with Gasteiger partial charge in [0, 0.05) is 36.3 Å². The number of pyridine rings is 2. The molecule has 0 bridgehead atoms. The summed E-state index contributed by atoms with van der Waals surface area (Å²) in [6, 6.07) is 12.3. The predicted octanol–water partition coefficient (Wildman–Crippen LogP) is 5.44. The highest BCUT2D eigenvalue weighted by molar-refractivity contribution is 5.94. The highest BCUT2D eigenvalue weighted by Crippen LogP contribution is 2.41. The van der Waals surface area contributed by atoms with Crippen LogP contribution in [0.15, 0.2) is 48.9 Å². The third-order valence-corrected chi connectivity index (χ3v) is 7.82. The van der Waals surface area contributed by atoms with Crippen LogP contribution in [0.5, 0.6) is 5.88 Å². The lowest BCUT2D eigenvalue weighted by molar-refractivity contribution is -0.143. The van der Waals surface area contributed by atoms with Crippen molar-refractivity contribution in [3.05, 3.63) is 82.6 Å². The molecule has 0 aliphatic heterocycles. The Hall–Kier alpha value is -4.73. The molecule has 0 unspecified atom stereocenters. The number of hydrogen-bond acceptors (Lipinski definition) is 9. The Bertz CT molecular complexity index is 1780. The summed E-state index contributed by atoms with van der Waals surface area (Å²) < 4.78 is 13.1. The van der Waals surface area contributed by atoms with Gasteiger partial charge in [-0.25, -0.2) is 19.5 Å². The summed E-state index contributed by atoms with van der Waals surface area (Å²) in [7, 11) is 0. The number of rotatable bonds is 11. The van der Waals surface area contributed by atoms with Crippen molar-refractivity contribution in [2.45, 2.75) is 65.5 Å². The summed E-state index contributed by atoms with van der Waals surface area (Å²) in [5, 5.41) is 10.3. The van der Waals surface area contributed by atoms with Gasteiger partial charge < -0.3 is 20.5 Å². The van der Waals surface area contributed by atoms with Gasteiger partial charge in [-0.1, -0.05) is 0 Å². The summed E-state index contributed by atoms with van der Waals surface area (Å²) >= 11 is 0. The first-order chi connectivity index (χ1) is 20.4. The third kappa shape index (κ3) is 5.83. The van der Waals surface area contributed by atoms with E-state index in [9.17, 15) is 4.79 Å². The maximum absolute atomic E-state index is 12.0. The molecular weight excluding hydrogens is 530 g/mol. The fraction of sp³-hybridized carbons (Fsp3) is 0.344. The fourth-order valence-corrected chi connectivity index (χ4v) is 5.45. The van der Waals surface area contributed by atoms with Crippen molar-refractivity contribution in [2.24, 2.45) is 0 Å². The number of ether oxygens (including phenoxy) is 2. The molecule has 0 saturated heterocycles. The van der Waals surface area contributed by atoms with Crippen LogP contribution in [0.3, 0.4) is 0 Å². The Labute approximate surface area is 244 Å². The van der Waals surface area contributed by atoms with Gasteiger partial charge in [0.2, 0.25) is 5.88 Å². The van der Waals surface area contributed by atoms with E-state index in [2.05, 4.69) is 52.3 Å². The van der Waals surface area contributed by atoms with Crippen LogP contribution in [-0.2, 0) is 29.1 Å². The van der Waals surface area contributed by atoms with E-state index in [4.69, 9.17) is 20.3 Å². The summed E-state index contributed by atoms with van der Waals surface area (Å²) in [6.45, 7) is 7.24. The van der Waals surface area contributed by atoms with Crippen molar-refractivity contribution in [2.75, 3.05) is 17.7 Å². The van der Waals surface area contributed by atoms with E-state index < -0.39 is 0 Å². The Balaban J connectivity index is 1.15. The molecule has 42 heavy (non-hydrogen) atoms. The number of anilines is 2. The Morgan fingerprint density at radius 3 is 2.76 bits per heavy atom. The van der Waals surface area contributed by atoms with Crippen LogP contribution < -0.4 is 15.8 Å². The van der Waals surface area contributed by atoms with Crippen molar-refractivity contribution in [3.8, 4) is 5.88 Å². The highest BCUT2D eigenvalue weighted by atomic mass is 16.5. The molecule has 10 heteroatoms. The van der Waals surface area contributed by atoms with E-state index in [0.717, 1.165) is 38.8 Å². The Kier molecular flexibility index (Phi) is 7.60. The molecule has 5 aromatic rings. The van der Waals surface area contributed by atoms with Crippen LogP contribution in [-0.4, -0.2) is 37.1 Å². The van der Waals surface area contributed by atoms with Crippen molar-refractivity contribution in [3.63, 3.8) is 0 Å². The number of aryl methyl sites for hydroxylation is 3. The summed E-state index contributed by atoms with van der Waals surface area (Å²) in [4.78, 5) is 24.9. The monoisotopic (exact) mass is 565 g/mol. The molecule has 1 aliphatic carbocycles. The molecule has 1 aliphatic rings. The standard InChI is InChI=1S/C32H35N7O3/c1-4-41-31(40)8-7-24-12-22(21-5-6-21)13-25-14-23(38-39(24)25)17-42-30-15-29(36-18-37-30)35-16-28-19(2)11-27-26(20(28)3)9-10-34-32(27)33/h9-15,18,21H,4-8,16-17H2,1-3H3,(H2,33,34)(H,35,36,37). The van der Waals surface area contributed by atoms with E-state index in [0.29, 0.717) is 49.4 Å². The van der Waals surface area contributed by atoms with Crippen LogP contribution >= 0.6 is 0 Å². The predicted molar refractivity (Wildman–Crippen MR) is 161 cm³/mol. The fourth-order valence-electron chi connectivity index (χ4n) is 5.45. The van der Waals surface area contributed by atoms with Crippen molar-refractivity contribution in [1.82, 2.24) is 24.6 Å². The zero-order valence-corrected chi connectivity index (χ0v) is 24.2. The van der Waals surface area contributed by atoms with Crippen LogP contribution in [0.1, 0.15) is 65.7 Å². The van der Waals surface area contributed by atoms with Gasteiger partial charge in [-0.2, -0.15) is 5.10 Å². The number of hydrogen-bond donors (Lipinski definition) is 2. The molecule has 4 aromatic heterocycles. The first-order valence-electron chi connectivity index (χ1n) is 14.4. The average Bonchev–Trinajstić information content (AvgIpc) is 3.75. The normalized spacial score (nSPS) is 13.0. The van der Waals surface area contributed by atoms with Gasteiger partial charge in [0.1, 0.15) is 30.3 Å². The Morgan fingerprint density at radius 1 is 1.10 bits per heavy atom. The van der Waals surface area contributed by atoms with Gasteiger partial charge >= 0.3 is 5.97 Å². The lowest BCUT2D eigenvalue weighted by atomic mass is 9.96. The first kappa shape index (κ1) is 27.4. The Morgan fingerprint density at radius 2 is 1.95 bits per heavy atom. The van der Waals surface area contributed by atoms with Gasteiger partial charge in [0.25, 0.3) is 0 Å². The van der Waals surface area contributed by atoms with E-state index in [-0.39, 0.29) is 12.6 Å². The summed E-state index contributed by atoms with van der Waals surface area (Å²) in [6.07, 6.45) is 6.53. The van der Waals surface area contributed by atoms with E-state index in [1.54, 1.807) is 12.3 Å². The number of carbonyl (C=O) groups excluding carboxylic acids is 1. The molecule has 0 amide bonds. The molecule has 216 valence electrons. The van der Waals surface area contributed by atoms with Crippen LogP contribution in [0.25, 0.3) is 16.3 Å². The lowest BCUT2D eigenvalue weighted by Crippen LogP contribution is -2.08. The topological polar surface area (TPSA) is 130 Å². The SMILES string of the molecule is CCOC(=O)CCc1cc(C2CC2)cc2cc(COc3cc(NCc4c(C)cc5c(N)nccc5c4C)ncn3)nn12. The van der Waals surface area contributed by atoms with Crippen molar-refractivity contribution >= 4 is 33.9 Å². The summed E-state index contributed by atoms with van der Waals surface area (Å²) in [5.74, 6) is 2.06. The number of nitrogens with zero attached hydrogens (tertiary/aromatic N) is 5. The van der Waals surface area contributed by atoms with Gasteiger partial charge in [0.05, 0.1) is 18.5 Å². The van der Waals surface area contributed by atoms with Gasteiger partial charge in [-0.3, -0.25) is 4.79 Å². The molecule has 4 heterocycles. The average molecular weight is 566 g/mol. The first-order valence-corrected chi connectivity index (χ1v) is 14.4. The van der Waals surface area contributed by atoms with Crippen LogP contribution in [0.4, 0.5) is 11.6 Å². The number of nitrogens with one attached hydrogen (secondary N) is 1. The molecule has 1 fully saturated rings. The second-order valence-corrected chi connectivity index (χ2v) is 10.8. The number of aromatic nitrogens is 5. The van der Waals surface area contributed by atoms with Gasteiger partial charge in [-0.15, -0.1) is 0 Å². The quantitative estimate of drug-likeness (QED) is 0.201. The molecule has 0 radical (unpaired) electrons. The zero-order valence-electron chi connectivity index (χ0n) is 24.2. The highest BCUT2D eigenvalue weighted by Gasteiger charge is 2.25. The molecule has 3 N–H and O–H groups in total. The van der Waals surface area contributed by atoms with Gasteiger partial charge in [0.15, 0.2) is 0 Å². The molecule has 1 saturated carbocycles. The lowest BCUT2D eigenvalue weighted by Gasteiger charge is -2.15. The minimum atomic E-state index is -0.195. The van der Waals surface area contributed by atoms with Crippen molar-refractivity contribution < 1.29 is 14.3 Å². The maximum atomic E-state index is 12.0. The second-order valence-electron chi connectivity index (χ2n) is 10.8. The smallest absolute Gasteiger partial charge is 0.306 e. The number of benzene rings is 1. The molecule has 1 aromatic carbocycles. The molecular formula is C32H35N7O3. The van der Waals surface area contributed by atoms with Crippen LogP contribution in [0, 0.1) is 13.8 Å². The molecule has 0 spiro atoms. The number of nitrogen functional groups attached to an aromatic ring is 1. The molecule has 6 rings (SSSR count). The minimum absolute atomic E-state index is 0.195. The molecule has 0 atom stereocenters. The zero-order chi connectivity index (χ0) is 29.2. The van der Waals surface area contributed by atoms with E-state index in [1.165, 1.54) is 30.3 Å². The summed E-state index contributed by atoms with van der Waals surface area (Å²) in [5.41, 5.74) is 13.7. The van der Waals surface area contributed by atoms with Crippen LogP contribution in [0.2, 0.25) is 0 Å². The largest absolute Gasteiger partial charge is 0.471 e. The minimum Gasteiger partial charge on any atom is -0.471 e. The van der Waals surface area contributed by atoms with Crippen molar-refractivity contribution in [1.29, 1.82) is 0 Å². The molecule has 10 nitrogen and oxygen atoms in total. The number of esters is 1. The number of nitrogens with two attached hydrogens (primary N) is 1. The maximum Gasteiger partial charge on any atom is 0.306 e. The third-order valence-electron chi connectivity index (χ3n) is 7.82. The number of carbonyl (C=O) groups is 1. The van der Waals surface area contributed by atoms with E-state index in [1.807, 2.05) is 23.6 Å². The number of fused-ring (bicyclic) bond motifs is 2. The van der Waals surface area contributed by atoms with Gasteiger partial charge in [-0.05, 0) is 97.5 Å². The second kappa shape index (κ2) is 11.6.